The van der Waals surface area contributed by atoms with Crippen LogP contribution in [0.5, 0.6) is 0 Å². The molecule has 0 unspecified atom stereocenters. The van der Waals surface area contributed by atoms with Crippen LogP contribution in [0.4, 0.5) is 11.4 Å². The molecule has 0 aliphatic rings. The summed E-state index contributed by atoms with van der Waals surface area (Å²) in [6.45, 7) is 14.0. The van der Waals surface area contributed by atoms with E-state index in [9.17, 15) is 13.2 Å². The number of isocyanates is 1. The van der Waals surface area contributed by atoms with Crippen LogP contribution in [0.1, 0.15) is 63.1 Å². The fourth-order valence-corrected chi connectivity index (χ4v) is 4.16. The first-order valence-electron chi connectivity index (χ1n) is 10.1. The predicted molar refractivity (Wildman–Crippen MR) is 123 cm³/mol. The van der Waals surface area contributed by atoms with Gasteiger partial charge in [-0.05, 0) is 54.2 Å². The van der Waals surface area contributed by atoms with Crippen LogP contribution in [0, 0.1) is 0 Å². The van der Waals surface area contributed by atoms with Crippen molar-refractivity contribution in [3.8, 4) is 0 Å². The van der Waals surface area contributed by atoms with Gasteiger partial charge in [0.15, 0.2) is 0 Å². The highest BCUT2D eigenvalue weighted by Gasteiger charge is 2.20. The van der Waals surface area contributed by atoms with Gasteiger partial charge in [-0.1, -0.05) is 46.4 Å². The summed E-state index contributed by atoms with van der Waals surface area (Å²) in [6.07, 6.45) is 1.61. The number of nitrogens with one attached hydrogen (secondary N) is 2. The van der Waals surface area contributed by atoms with E-state index in [1.165, 1.54) is 12.1 Å². The second-order valence-corrected chi connectivity index (χ2v) is 9.35. The molecule has 0 spiro atoms. The summed E-state index contributed by atoms with van der Waals surface area (Å²) in [5.41, 5.74) is 6.24. The van der Waals surface area contributed by atoms with E-state index >= 15 is 0 Å². The summed E-state index contributed by atoms with van der Waals surface area (Å²) in [7, 11) is -3.87. The normalized spacial score (nSPS) is 11.3. The van der Waals surface area contributed by atoms with Crippen LogP contribution in [0.25, 0.3) is 5.70 Å². The van der Waals surface area contributed by atoms with Gasteiger partial charge in [-0.3, -0.25) is 15.0 Å². The van der Waals surface area contributed by atoms with E-state index in [4.69, 9.17) is 4.84 Å². The number of hydroxylamine groups is 1. The standard InChI is InChI=1S/C23H29N3O4S/c1-7-30-25-17(6)18-9-8-10-20(11-18)31(28,29)26-19-12-21(15(2)3)23(24-14-27)22(13-19)16(4)5/h8-13,15-16,25-26H,6-7H2,1-5H3. The number of sulfonamides is 1. The van der Waals surface area contributed by atoms with Crippen molar-refractivity contribution < 1.29 is 18.0 Å². The Balaban J connectivity index is 2.48. The average Bonchev–Trinajstić information content (AvgIpc) is 2.72. The van der Waals surface area contributed by atoms with Gasteiger partial charge in [-0.15, -0.1) is 0 Å². The van der Waals surface area contributed by atoms with Gasteiger partial charge >= 0.3 is 0 Å². The van der Waals surface area contributed by atoms with Gasteiger partial charge in [0.1, 0.15) is 0 Å². The monoisotopic (exact) mass is 443 g/mol. The molecule has 0 aromatic heterocycles. The van der Waals surface area contributed by atoms with Crippen molar-refractivity contribution in [1.82, 2.24) is 5.48 Å². The minimum atomic E-state index is -3.87. The Labute approximate surface area is 184 Å². The van der Waals surface area contributed by atoms with Gasteiger partial charge in [-0.2, -0.15) is 4.99 Å². The lowest BCUT2D eigenvalue weighted by molar-refractivity contribution is 0.0901. The van der Waals surface area contributed by atoms with Gasteiger partial charge < -0.3 is 0 Å². The molecule has 8 heteroatoms. The number of carbonyl (C=O) groups excluding carboxylic acids is 1. The molecule has 0 fully saturated rings. The minimum absolute atomic E-state index is 0.0327. The molecular formula is C23H29N3O4S. The van der Waals surface area contributed by atoms with E-state index in [0.717, 1.165) is 11.1 Å². The van der Waals surface area contributed by atoms with Crippen molar-refractivity contribution in [3.63, 3.8) is 0 Å². The Kier molecular flexibility index (Phi) is 8.16. The van der Waals surface area contributed by atoms with Crippen LogP contribution in [0.2, 0.25) is 0 Å². The van der Waals surface area contributed by atoms with Gasteiger partial charge in [0.25, 0.3) is 10.0 Å². The Bertz CT molecular complexity index is 1070. The van der Waals surface area contributed by atoms with Crippen molar-refractivity contribution >= 4 is 33.2 Å². The molecule has 0 aliphatic carbocycles. The molecule has 2 rings (SSSR count). The molecule has 0 heterocycles. The van der Waals surface area contributed by atoms with Crippen LogP contribution >= 0.6 is 0 Å². The lowest BCUT2D eigenvalue weighted by atomic mass is 9.92. The average molecular weight is 444 g/mol. The molecule has 31 heavy (non-hydrogen) atoms. The van der Waals surface area contributed by atoms with E-state index in [0.29, 0.717) is 29.2 Å². The van der Waals surface area contributed by atoms with E-state index < -0.39 is 10.0 Å². The van der Waals surface area contributed by atoms with Crippen molar-refractivity contribution in [1.29, 1.82) is 0 Å². The fourth-order valence-electron chi connectivity index (χ4n) is 3.08. The van der Waals surface area contributed by atoms with Crippen molar-refractivity contribution in [2.45, 2.75) is 51.3 Å². The molecule has 0 bridgehead atoms. The van der Waals surface area contributed by atoms with E-state index in [1.807, 2.05) is 34.6 Å². The molecule has 0 amide bonds. The first kappa shape index (κ1) is 24.3. The molecule has 2 aromatic carbocycles. The quantitative estimate of drug-likeness (QED) is 0.298. The second kappa shape index (κ2) is 10.4. The molecule has 166 valence electrons. The zero-order valence-corrected chi connectivity index (χ0v) is 19.3. The summed E-state index contributed by atoms with van der Waals surface area (Å²) in [6, 6.07) is 9.84. The fraction of sp³-hybridized carbons (Fsp3) is 0.348. The predicted octanol–water partition coefficient (Wildman–Crippen LogP) is 5.21. The molecule has 2 aromatic rings. The number of benzene rings is 2. The van der Waals surface area contributed by atoms with Crippen LogP contribution in [-0.2, 0) is 19.7 Å². The minimum Gasteiger partial charge on any atom is -0.280 e. The van der Waals surface area contributed by atoms with Crippen LogP contribution in [0.3, 0.4) is 0 Å². The van der Waals surface area contributed by atoms with E-state index in [-0.39, 0.29) is 16.7 Å². The molecule has 0 atom stereocenters. The Hall–Kier alpha value is -2.93. The number of hydrogen-bond acceptors (Lipinski definition) is 6. The highest BCUT2D eigenvalue weighted by atomic mass is 32.2. The Morgan fingerprint density at radius 1 is 1.13 bits per heavy atom. The van der Waals surface area contributed by atoms with Crippen molar-refractivity contribution in [2.75, 3.05) is 11.3 Å². The SMILES string of the molecule is C=C(NOCC)c1cccc(S(=O)(=O)Nc2cc(C(C)C)c(N=C=O)c(C(C)C)c2)c1. The van der Waals surface area contributed by atoms with Gasteiger partial charge in [0.05, 0.1) is 22.9 Å². The molecule has 0 saturated heterocycles. The van der Waals surface area contributed by atoms with Gasteiger partial charge in [0, 0.05) is 11.3 Å². The Morgan fingerprint density at radius 2 is 1.74 bits per heavy atom. The lowest BCUT2D eigenvalue weighted by Crippen LogP contribution is -2.15. The van der Waals surface area contributed by atoms with Gasteiger partial charge in [-0.25, -0.2) is 13.2 Å². The number of nitrogens with zero attached hydrogens (tertiary/aromatic N) is 1. The Morgan fingerprint density at radius 3 is 2.26 bits per heavy atom. The lowest BCUT2D eigenvalue weighted by Gasteiger charge is -2.19. The molecule has 7 nitrogen and oxygen atoms in total. The van der Waals surface area contributed by atoms with Crippen LogP contribution in [0.15, 0.2) is 52.9 Å². The van der Waals surface area contributed by atoms with Crippen molar-refractivity contribution in [2.24, 2.45) is 4.99 Å². The smallest absolute Gasteiger partial charge is 0.261 e. The van der Waals surface area contributed by atoms with Crippen LogP contribution in [-0.4, -0.2) is 21.1 Å². The van der Waals surface area contributed by atoms with E-state index in [2.05, 4.69) is 21.8 Å². The molecular weight excluding hydrogens is 414 g/mol. The van der Waals surface area contributed by atoms with Gasteiger partial charge in [0.2, 0.25) is 6.08 Å². The summed E-state index contributed by atoms with van der Waals surface area (Å²) < 4.78 is 28.8. The second-order valence-electron chi connectivity index (χ2n) is 7.66. The zero-order valence-electron chi connectivity index (χ0n) is 18.5. The molecule has 0 radical (unpaired) electrons. The van der Waals surface area contributed by atoms with Crippen molar-refractivity contribution in [3.05, 3.63) is 59.7 Å². The summed E-state index contributed by atoms with van der Waals surface area (Å²) in [4.78, 5) is 20.1. The first-order valence-corrected chi connectivity index (χ1v) is 11.5. The molecule has 0 aliphatic heterocycles. The first-order chi connectivity index (χ1) is 14.6. The summed E-state index contributed by atoms with van der Waals surface area (Å²) in [5.74, 6) is 0.0655. The highest BCUT2D eigenvalue weighted by molar-refractivity contribution is 7.92. The number of anilines is 1. The summed E-state index contributed by atoms with van der Waals surface area (Å²) in [5, 5.41) is 0. The number of aliphatic imine (C=N–C) groups is 1. The maximum absolute atomic E-state index is 13.1. The molecule has 0 saturated carbocycles. The van der Waals surface area contributed by atoms with Crippen LogP contribution < -0.4 is 10.2 Å². The topological polar surface area (TPSA) is 96.9 Å². The largest absolute Gasteiger partial charge is 0.280 e. The molecule has 2 N–H and O–H groups in total. The third-order valence-corrected chi connectivity index (χ3v) is 6.03. The zero-order chi connectivity index (χ0) is 23.2. The number of hydrogen-bond donors (Lipinski definition) is 2. The maximum Gasteiger partial charge on any atom is 0.261 e. The van der Waals surface area contributed by atoms with E-state index in [1.54, 1.807) is 30.3 Å². The number of rotatable bonds is 10. The third kappa shape index (κ3) is 6.04. The third-order valence-electron chi connectivity index (χ3n) is 4.66. The summed E-state index contributed by atoms with van der Waals surface area (Å²) >= 11 is 0. The highest BCUT2D eigenvalue weighted by Crippen LogP contribution is 2.38. The maximum atomic E-state index is 13.1.